The highest BCUT2D eigenvalue weighted by Crippen LogP contribution is 2.19. The van der Waals surface area contributed by atoms with Gasteiger partial charge in [-0.2, -0.15) is 0 Å². The van der Waals surface area contributed by atoms with E-state index in [0.717, 1.165) is 30.1 Å². The lowest BCUT2D eigenvalue weighted by Gasteiger charge is -2.07. The first-order valence-electron chi connectivity index (χ1n) is 6.53. The van der Waals surface area contributed by atoms with E-state index in [2.05, 4.69) is 29.2 Å². The van der Waals surface area contributed by atoms with E-state index in [-0.39, 0.29) is 5.82 Å². The first-order chi connectivity index (χ1) is 9.15. The minimum absolute atomic E-state index is 0.234. The van der Waals surface area contributed by atoms with Crippen LogP contribution < -0.4 is 9.30 Å². The van der Waals surface area contributed by atoms with Crippen molar-refractivity contribution in [2.75, 3.05) is 7.11 Å². The Kier molecular flexibility index (Phi) is 4.20. The Labute approximate surface area is 113 Å². The topological polar surface area (TPSA) is 18.0 Å². The lowest BCUT2D eigenvalue weighted by atomic mass is 10.2. The maximum atomic E-state index is 13.3. The van der Waals surface area contributed by atoms with Crippen LogP contribution in [0.2, 0.25) is 0 Å². The molecule has 0 saturated heterocycles. The van der Waals surface area contributed by atoms with Gasteiger partial charge in [-0.3, -0.25) is 0 Å². The summed E-state index contributed by atoms with van der Waals surface area (Å²) in [6.45, 7) is 5.84. The number of nitrogens with zero attached hydrogens (tertiary/aromatic N) is 2. The molecule has 0 aliphatic heterocycles. The molecule has 0 radical (unpaired) electrons. The molecule has 1 aromatic heterocycles. The van der Waals surface area contributed by atoms with Gasteiger partial charge < -0.3 is 4.74 Å². The van der Waals surface area contributed by atoms with E-state index in [4.69, 9.17) is 4.74 Å². The summed E-state index contributed by atoms with van der Waals surface area (Å²) in [5, 5.41) is 0. The van der Waals surface area contributed by atoms with E-state index >= 15 is 0 Å². The predicted octanol–water partition coefficient (Wildman–Crippen LogP) is 2.69. The summed E-state index contributed by atoms with van der Waals surface area (Å²) in [7, 11) is 1.61. The quantitative estimate of drug-likeness (QED) is 0.758. The molecule has 1 heterocycles. The first-order valence-corrected chi connectivity index (χ1v) is 6.53. The second-order valence-electron chi connectivity index (χ2n) is 4.62. The van der Waals surface area contributed by atoms with Crippen molar-refractivity contribution in [3.8, 4) is 5.75 Å². The number of imidazole rings is 1. The van der Waals surface area contributed by atoms with Gasteiger partial charge in [-0.25, -0.2) is 13.5 Å². The molecule has 19 heavy (non-hydrogen) atoms. The summed E-state index contributed by atoms with van der Waals surface area (Å²) >= 11 is 0. The maximum Gasteiger partial charge on any atom is 0.253 e. The fraction of sp³-hybridized carbons (Fsp3) is 0.400. The molecule has 0 spiro atoms. The van der Waals surface area contributed by atoms with E-state index in [1.165, 1.54) is 12.1 Å². The van der Waals surface area contributed by atoms with Crippen LogP contribution in [0.4, 0.5) is 4.39 Å². The maximum absolute atomic E-state index is 13.3. The molecule has 0 unspecified atom stereocenters. The molecule has 0 saturated carbocycles. The number of aromatic nitrogens is 2. The fourth-order valence-electron chi connectivity index (χ4n) is 2.24. The number of rotatable bonds is 5. The van der Waals surface area contributed by atoms with Crippen LogP contribution in [0.25, 0.3) is 0 Å². The van der Waals surface area contributed by atoms with Gasteiger partial charge in [-0.05, 0) is 24.6 Å². The summed E-state index contributed by atoms with van der Waals surface area (Å²) in [6, 6.07) is 4.62. The Morgan fingerprint density at radius 1 is 1.37 bits per heavy atom. The lowest BCUT2D eigenvalue weighted by molar-refractivity contribution is -0.694. The highest BCUT2D eigenvalue weighted by Gasteiger charge is 2.14. The smallest absolute Gasteiger partial charge is 0.253 e. The van der Waals surface area contributed by atoms with Gasteiger partial charge >= 0.3 is 0 Å². The summed E-state index contributed by atoms with van der Waals surface area (Å²) < 4.78 is 22.9. The average Bonchev–Trinajstić information content (AvgIpc) is 2.73. The van der Waals surface area contributed by atoms with Crippen molar-refractivity contribution in [3.63, 3.8) is 0 Å². The van der Waals surface area contributed by atoms with Crippen molar-refractivity contribution in [1.29, 1.82) is 0 Å². The first kappa shape index (κ1) is 13.6. The zero-order chi connectivity index (χ0) is 13.8. The number of aryl methyl sites for hydroxylation is 1. The Bertz CT molecular complexity index is 563. The molecule has 0 atom stereocenters. The van der Waals surface area contributed by atoms with Gasteiger partial charge in [0.1, 0.15) is 30.5 Å². The van der Waals surface area contributed by atoms with Crippen LogP contribution in [0.1, 0.15) is 24.7 Å². The van der Waals surface area contributed by atoms with Gasteiger partial charge in [-0.15, -0.1) is 0 Å². The predicted molar refractivity (Wildman–Crippen MR) is 71.7 cm³/mol. The average molecular weight is 263 g/mol. The minimum Gasteiger partial charge on any atom is -0.496 e. The Morgan fingerprint density at radius 2 is 2.16 bits per heavy atom. The molecule has 0 aliphatic carbocycles. The highest BCUT2D eigenvalue weighted by molar-refractivity contribution is 5.33. The number of ether oxygens (including phenoxy) is 1. The van der Waals surface area contributed by atoms with Crippen molar-refractivity contribution >= 4 is 0 Å². The fourth-order valence-corrected chi connectivity index (χ4v) is 2.24. The van der Waals surface area contributed by atoms with E-state index in [1.807, 2.05) is 6.20 Å². The lowest BCUT2D eigenvalue weighted by Crippen LogP contribution is -2.36. The van der Waals surface area contributed by atoms with Crippen molar-refractivity contribution in [2.24, 2.45) is 0 Å². The van der Waals surface area contributed by atoms with Gasteiger partial charge in [0, 0.05) is 12.5 Å². The zero-order valence-corrected chi connectivity index (χ0v) is 11.7. The standard InChI is InChI=1S/C15H20FN2O/c1-4-7-17-8-9-18(12(17)2)11-13-10-14(16)5-6-15(13)19-3/h5-6,8-10H,4,7,11H2,1-3H3/q+1. The Balaban J connectivity index is 2.28. The van der Waals surface area contributed by atoms with Crippen molar-refractivity contribution in [1.82, 2.24) is 4.57 Å². The van der Waals surface area contributed by atoms with Crippen molar-refractivity contribution < 1.29 is 13.7 Å². The third kappa shape index (κ3) is 2.95. The molecule has 0 fully saturated rings. The summed E-state index contributed by atoms with van der Waals surface area (Å²) in [5.41, 5.74) is 0.852. The van der Waals surface area contributed by atoms with E-state index in [9.17, 15) is 4.39 Å². The molecular weight excluding hydrogens is 243 g/mol. The Hall–Kier alpha value is -1.84. The molecule has 2 rings (SSSR count). The van der Waals surface area contributed by atoms with Crippen LogP contribution in [0, 0.1) is 12.7 Å². The number of benzene rings is 1. The molecular formula is C15H20FN2O+. The van der Waals surface area contributed by atoms with Crippen LogP contribution in [0.5, 0.6) is 5.75 Å². The molecule has 2 aromatic rings. The van der Waals surface area contributed by atoms with Gasteiger partial charge in [0.2, 0.25) is 0 Å². The van der Waals surface area contributed by atoms with Crippen LogP contribution >= 0.6 is 0 Å². The molecule has 1 aromatic carbocycles. The molecule has 0 N–H and O–H groups in total. The monoisotopic (exact) mass is 263 g/mol. The van der Waals surface area contributed by atoms with E-state index in [0.29, 0.717) is 6.54 Å². The number of halogens is 1. The Morgan fingerprint density at radius 3 is 2.84 bits per heavy atom. The third-order valence-corrected chi connectivity index (χ3v) is 3.31. The summed E-state index contributed by atoms with van der Waals surface area (Å²) in [6.07, 6.45) is 5.18. The van der Waals surface area contributed by atoms with Gasteiger partial charge in [0.05, 0.1) is 13.7 Å². The third-order valence-electron chi connectivity index (χ3n) is 3.31. The molecule has 0 bridgehead atoms. The number of hydrogen-bond donors (Lipinski definition) is 0. The zero-order valence-electron chi connectivity index (χ0n) is 11.7. The number of methoxy groups -OCH3 is 1. The van der Waals surface area contributed by atoms with Crippen LogP contribution in [0.15, 0.2) is 30.6 Å². The molecule has 102 valence electrons. The highest BCUT2D eigenvalue weighted by atomic mass is 19.1. The molecule has 0 amide bonds. The van der Waals surface area contributed by atoms with Crippen LogP contribution in [-0.4, -0.2) is 11.7 Å². The summed E-state index contributed by atoms with van der Waals surface area (Å²) in [5.74, 6) is 1.65. The second kappa shape index (κ2) is 5.87. The second-order valence-corrected chi connectivity index (χ2v) is 4.62. The van der Waals surface area contributed by atoms with Crippen molar-refractivity contribution in [2.45, 2.75) is 33.4 Å². The van der Waals surface area contributed by atoms with Gasteiger partial charge in [0.15, 0.2) is 0 Å². The summed E-state index contributed by atoms with van der Waals surface area (Å²) in [4.78, 5) is 0. The molecule has 4 heteroatoms. The molecule has 0 aliphatic rings. The SMILES string of the molecule is CCCn1cc[n+](Cc2cc(F)ccc2OC)c1C. The van der Waals surface area contributed by atoms with Crippen LogP contribution in [-0.2, 0) is 13.1 Å². The van der Waals surface area contributed by atoms with Gasteiger partial charge in [-0.1, -0.05) is 6.92 Å². The molecule has 3 nitrogen and oxygen atoms in total. The normalized spacial score (nSPS) is 10.7. The van der Waals surface area contributed by atoms with Crippen LogP contribution in [0.3, 0.4) is 0 Å². The van der Waals surface area contributed by atoms with Gasteiger partial charge in [0.25, 0.3) is 5.82 Å². The largest absolute Gasteiger partial charge is 0.496 e. The van der Waals surface area contributed by atoms with E-state index < -0.39 is 0 Å². The van der Waals surface area contributed by atoms with E-state index in [1.54, 1.807) is 13.2 Å². The van der Waals surface area contributed by atoms with Crippen molar-refractivity contribution in [3.05, 3.63) is 47.8 Å². The number of hydrogen-bond acceptors (Lipinski definition) is 1. The minimum atomic E-state index is -0.234.